The van der Waals surface area contributed by atoms with Crippen molar-refractivity contribution in [1.29, 1.82) is 0 Å². The molecule has 0 unspecified atom stereocenters. The first-order valence-corrected chi connectivity index (χ1v) is 9.33. The number of hydrogen-bond acceptors (Lipinski definition) is 7. The Morgan fingerprint density at radius 2 is 1.88 bits per heavy atom. The lowest BCUT2D eigenvalue weighted by atomic mass is 10.1. The number of hydrogen-bond donors (Lipinski definition) is 4. The molecule has 2 aromatic carbocycles. The summed E-state index contributed by atoms with van der Waals surface area (Å²) < 4.78 is 29.6. The Morgan fingerprint density at radius 1 is 1.23 bits per heavy atom. The zero-order valence-electron chi connectivity index (χ0n) is 14.0. The standard InChI is InChI=1S/C17H20N2O6S/c1-2-8-17(21,22)19-14-9-12(11-20)10-15(26(18,23)24)16(14)25-13-6-4-3-5-7-13/h3-7,9-11,19,21-22H,2,8H2,1H3,(H2,18,23,24). The van der Waals surface area contributed by atoms with Gasteiger partial charge in [-0.3, -0.25) is 4.79 Å². The summed E-state index contributed by atoms with van der Waals surface area (Å²) in [6.45, 7) is 1.74. The molecular formula is C17H20N2O6S. The molecule has 0 aliphatic carbocycles. The molecule has 0 bridgehead atoms. The number of carbonyl (C=O) groups is 1. The fourth-order valence-corrected chi connectivity index (χ4v) is 3.04. The molecule has 8 nitrogen and oxygen atoms in total. The number of aldehydes is 1. The van der Waals surface area contributed by atoms with Crippen molar-refractivity contribution in [3.63, 3.8) is 0 Å². The largest absolute Gasteiger partial charge is 0.454 e. The third kappa shape index (κ3) is 5.02. The molecule has 0 aliphatic rings. The monoisotopic (exact) mass is 380 g/mol. The lowest BCUT2D eigenvalue weighted by Crippen LogP contribution is -2.37. The summed E-state index contributed by atoms with van der Waals surface area (Å²) in [6.07, 6.45) is 0.806. The lowest BCUT2D eigenvalue weighted by molar-refractivity contribution is -0.140. The van der Waals surface area contributed by atoms with E-state index in [0.717, 1.165) is 6.07 Å². The molecule has 0 atom stereocenters. The molecule has 0 spiro atoms. The lowest BCUT2D eigenvalue weighted by Gasteiger charge is -2.26. The normalized spacial score (nSPS) is 11.8. The average molecular weight is 380 g/mol. The number of nitrogens with two attached hydrogens (primary N) is 1. The number of benzene rings is 2. The maximum Gasteiger partial charge on any atom is 0.244 e. The second kappa shape index (κ2) is 7.83. The van der Waals surface area contributed by atoms with E-state index in [2.05, 4.69) is 5.32 Å². The van der Waals surface area contributed by atoms with Crippen LogP contribution in [0.25, 0.3) is 0 Å². The van der Waals surface area contributed by atoms with E-state index in [1.807, 2.05) is 0 Å². The Bertz CT molecular complexity index is 882. The van der Waals surface area contributed by atoms with Gasteiger partial charge in [-0.15, -0.1) is 0 Å². The molecule has 0 saturated heterocycles. The maximum atomic E-state index is 12.0. The Hall–Kier alpha value is -2.46. The zero-order chi connectivity index (χ0) is 19.4. The molecule has 0 aliphatic heterocycles. The minimum absolute atomic E-state index is 0.0239. The van der Waals surface area contributed by atoms with Crippen LogP contribution in [0.4, 0.5) is 5.69 Å². The molecule has 140 valence electrons. The highest BCUT2D eigenvalue weighted by molar-refractivity contribution is 7.89. The summed E-state index contributed by atoms with van der Waals surface area (Å²) >= 11 is 0. The number of carbonyl (C=O) groups excluding carboxylic acids is 1. The third-order valence-corrected chi connectivity index (χ3v) is 4.33. The highest BCUT2D eigenvalue weighted by Gasteiger charge is 2.27. The first-order valence-electron chi connectivity index (χ1n) is 7.78. The summed E-state index contributed by atoms with van der Waals surface area (Å²) in [5.41, 5.74) is -0.120. The summed E-state index contributed by atoms with van der Waals surface area (Å²) in [6, 6.07) is 10.6. The summed E-state index contributed by atoms with van der Waals surface area (Å²) in [5.74, 6) is -2.27. The molecule has 5 N–H and O–H groups in total. The molecule has 26 heavy (non-hydrogen) atoms. The summed E-state index contributed by atoms with van der Waals surface area (Å²) in [7, 11) is -4.26. The molecule has 0 saturated carbocycles. The Morgan fingerprint density at radius 3 is 2.42 bits per heavy atom. The van der Waals surface area contributed by atoms with Crippen molar-refractivity contribution in [3.05, 3.63) is 48.0 Å². The van der Waals surface area contributed by atoms with Crippen molar-refractivity contribution in [2.24, 2.45) is 5.14 Å². The van der Waals surface area contributed by atoms with E-state index >= 15 is 0 Å². The number of primary sulfonamides is 1. The van der Waals surface area contributed by atoms with Crippen LogP contribution in [0.1, 0.15) is 30.1 Å². The Balaban J connectivity index is 2.64. The van der Waals surface area contributed by atoms with Crippen LogP contribution in [0.2, 0.25) is 0 Å². The number of ether oxygens (including phenoxy) is 1. The number of sulfonamides is 1. The summed E-state index contributed by atoms with van der Waals surface area (Å²) in [5, 5.41) is 27.7. The third-order valence-electron chi connectivity index (χ3n) is 3.42. The fraction of sp³-hybridized carbons (Fsp3) is 0.235. The van der Waals surface area contributed by atoms with Crippen molar-refractivity contribution < 1.29 is 28.2 Å². The van der Waals surface area contributed by atoms with Gasteiger partial charge in [-0.1, -0.05) is 25.1 Å². The highest BCUT2D eigenvalue weighted by Crippen LogP contribution is 2.38. The van der Waals surface area contributed by atoms with Crippen molar-refractivity contribution in [2.45, 2.75) is 30.6 Å². The van der Waals surface area contributed by atoms with Crippen molar-refractivity contribution in [2.75, 3.05) is 5.32 Å². The van der Waals surface area contributed by atoms with Gasteiger partial charge in [0.2, 0.25) is 15.9 Å². The Labute approximate surface area is 151 Å². The van der Waals surface area contributed by atoms with Gasteiger partial charge >= 0.3 is 0 Å². The molecule has 0 aromatic heterocycles. The molecule has 2 aromatic rings. The molecule has 0 radical (unpaired) electrons. The van der Waals surface area contributed by atoms with Gasteiger partial charge < -0.3 is 20.3 Å². The smallest absolute Gasteiger partial charge is 0.244 e. The zero-order valence-corrected chi connectivity index (χ0v) is 14.9. The van der Waals surface area contributed by atoms with Gasteiger partial charge in [-0.25, -0.2) is 13.6 Å². The van der Waals surface area contributed by atoms with Gasteiger partial charge in [0.15, 0.2) is 5.75 Å². The SMILES string of the molecule is CCCC(O)(O)Nc1cc(C=O)cc(S(N)(=O)=O)c1Oc1ccccc1. The topological polar surface area (TPSA) is 139 Å². The summed E-state index contributed by atoms with van der Waals surface area (Å²) in [4.78, 5) is 10.7. The van der Waals surface area contributed by atoms with Crippen LogP contribution in [0.15, 0.2) is 47.4 Å². The number of rotatable bonds is 8. The van der Waals surface area contributed by atoms with Crippen LogP contribution < -0.4 is 15.2 Å². The number of aliphatic hydroxyl groups is 2. The maximum absolute atomic E-state index is 12.0. The van der Waals surface area contributed by atoms with Crippen molar-refractivity contribution >= 4 is 22.0 Å². The predicted octanol–water partition coefficient (Wildman–Crippen LogP) is 1.79. The molecule has 0 heterocycles. The predicted molar refractivity (Wildman–Crippen MR) is 95.4 cm³/mol. The molecule has 9 heteroatoms. The molecular weight excluding hydrogens is 360 g/mol. The second-order valence-corrected chi connectivity index (χ2v) is 7.20. The number of nitrogens with one attached hydrogen (secondary N) is 1. The van der Waals surface area contributed by atoms with Gasteiger partial charge in [0.05, 0.1) is 5.69 Å². The van der Waals surface area contributed by atoms with Crippen molar-refractivity contribution in [3.8, 4) is 11.5 Å². The van der Waals surface area contributed by atoms with Crippen LogP contribution >= 0.6 is 0 Å². The second-order valence-electron chi connectivity index (χ2n) is 5.67. The quantitative estimate of drug-likeness (QED) is 0.404. The van der Waals surface area contributed by atoms with Gasteiger partial charge in [0.25, 0.3) is 0 Å². The van der Waals surface area contributed by atoms with Gasteiger partial charge in [-0.05, 0) is 30.7 Å². The van der Waals surface area contributed by atoms with E-state index in [1.165, 1.54) is 6.07 Å². The number of anilines is 1. The van der Waals surface area contributed by atoms with Crippen LogP contribution in [-0.4, -0.2) is 30.8 Å². The van der Waals surface area contributed by atoms with Crippen LogP contribution in [-0.2, 0) is 10.0 Å². The van der Waals surface area contributed by atoms with E-state index in [-0.39, 0.29) is 23.4 Å². The molecule has 0 amide bonds. The fourth-order valence-electron chi connectivity index (χ4n) is 2.33. The van der Waals surface area contributed by atoms with E-state index in [0.29, 0.717) is 18.5 Å². The average Bonchev–Trinajstić information content (AvgIpc) is 2.55. The van der Waals surface area contributed by atoms with E-state index in [1.54, 1.807) is 37.3 Å². The van der Waals surface area contributed by atoms with E-state index in [9.17, 15) is 23.4 Å². The number of para-hydroxylation sites is 1. The first kappa shape index (κ1) is 19.9. The van der Waals surface area contributed by atoms with Crippen LogP contribution in [0, 0.1) is 0 Å². The van der Waals surface area contributed by atoms with E-state index in [4.69, 9.17) is 9.88 Å². The highest BCUT2D eigenvalue weighted by atomic mass is 32.2. The minimum Gasteiger partial charge on any atom is -0.454 e. The van der Waals surface area contributed by atoms with Gasteiger partial charge in [-0.2, -0.15) is 0 Å². The van der Waals surface area contributed by atoms with Crippen LogP contribution in [0.3, 0.4) is 0 Å². The van der Waals surface area contributed by atoms with E-state index < -0.39 is 20.8 Å². The van der Waals surface area contributed by atoms with Crippen molar-refractivity contribution in [1.82, 2.24) is 0 Å². The molecule has 2 rings (SSSR count). The van der Waals surface area contributed by atoms with Gasteiger partial charge in [0, 0.05) is 12.0 Å². The van der Waals surface area contributed by atoms with Crippen LogP contribution in [0.5, 0.6) is 11.5 Å². The first-order chi connectivity index (χ1) is 12.2. The molecule has 0 fully saturated rings. The van der Waals surface area contributed by atoms with Gasteiger partial charge in [0.1, 0.15) is 16.9 Å². The Kier molecular flexibility index (Phi) is 5.98. The minimum atomic E-state index is -4.26.